The highest BCUT2D eigenvalue weighted by atomic mass is 35.5. The Kier molecular flexibility index (Phi) is 5.01. The number of nitrogens with one attached hydrogen (secondary N) is 2. The van der Waals surface area contributed by atoms with Crippen molar-refractivity contribution < 1.29 is 4.79 Å². The number of benzene rings is 1. The summed E-state index contributed by atoms with van der Waals surface area (Å²) in [5, 5.41) is 7.41. The minimum Gasteiger partial charge on any atom is -0.356 e. The van der Waals surface area contributed by atoms with Crippen LogP contribution in [0.25, 0.3) is 11.4 Å². The van der Waals surface area contributed by atoms with E-state index in [-0.39, 0.29) is 5.78 Å². The second kappa shape index (κ2) is 7.21. The van der Waals surface area contributed by atoms with Gasteiger partial charge in [0.1, 0.15) is 5.69 Å². The number of anilines is 1. The molecule has 128 valence electrons. The number of aromatic amines is 1. The maximum absolute atomic E-state index is 11.8. The Hall–Kier alpha value is -2.44. The number of Topliss-reactive ketones (excluding diaryl/α,β-unsaturated/α-hetero) is 1. The molecule has 3 rings (SSSR count). The Balaban J connectivity index is 1.78. The Labute approximate surface area is 154 Å². The van der Waals surface area contributed by atoms with E-state index in [1.54, 1.807) is 13.1 Å². The van der Waals surface area contributed by atoms with Crippen molar-refractivity contribution in [1.82, 2.24) is 9.97 Å². The van der Waals surface area contributed by atoms with Gasteiger partial charge in [0.25, 0.3) is 0 Å². The number of aryl methyl sites for hydroxylation is 1. The van der Waals surface area contributed by atoms with E-state index in [1.807, 2.05) is 43.5 Å². The molecule has 0 saturated carbocycles. The summed E-state index contributed by atoms with van der Waals surface area (Å²) in [5.74, 6) is 0.0513. The highest BCUT2D eigenvalue weighted by Crippen LogP contribution is 2.30. The number of rotatable bonds is 5. The number of hydrazone groups is 1. The minimum atomic E-state index is 0.0513. The summed E-state index contributed by atoms with van der Waals surface area (Å²) in [6.07, 6.45) is 1.65. The Morgan fingerprint density at radius 1 is 1.36 bits per heavy atom. The molecule has 5 nitrogen and oxygen atoms in total. The molecule has 7 heteroatoms. The van der Waals surface area contributed by atoms with Gasteiger partial charge in [0.05, 0.1) is 11.9 Å². The van der Waals surface area contributed by atoms with E-state index in [4.69, 9.17) is 11.6 Å². The topological polar surface area (TPSA) is 70.1 Å². The van der Waals surface area contributed by atoms with E-state index in [9.17, 15) is 4.79 Å². The SMILES string of the molecule is CC(=O)c1c(C)[nH]c(-c2csc(NN=Cc3ccccc3Cl)n2)c1C. The summed E-state index contributed by atoms with van der Waals surface area (Å²) >= 11 is 7.53. The fourth-order valence-corrected chi connectivity index (χ4v) is 3.55. The number of thiazole rings is 1. The highest BCUT2D eigenvalue weighted by Gasteiger charge is 2.17. The lowest BCUT2D eigenvalue weighted by molar-refractivity contribution is 0.101. The van der Waals surface area contributed by atoms with Crippen molar-refractivity contribution >= 4 is 40.1 Å². The molecule has 0 amide bonds. The van der Waals surface area contributed by atoms with Crippen LogP contribution in [0.3, 0.4) is 0 Å². The van der Waals surface area contributed by atoms with Crippen molar-refractivity contribution in [3.63, 3.8) is 0 Å². The first-order valence-corrected chi connectivity index (χ1v) is 8.92. The number of hydrogen-bond donors (Lipinski definition) is 2. The molecule has 2 heterocycles. The maximum atomic E-state index is 11.8. The zero-order chi connectivity index (χ0) is 18.0. The molecule has 2 N–H and O–H groups in total. The molecular weight excluding hydrogens is 356 g/mol. The predicted octanol–water partition coefficient (Wildman–Crippen LogP) is 5.06. The smallest absolute Gasteiger partial charge is 0.203 e. The van der Waals surface area contributed by atoms with Crippen LogP contribution in [0.1, 0.15) is 34.1 Å². The van der Waals surface area contributed by atoms with Gasteiger partial charge in [0.15, 0.2) is 5.78 Å². The minimum absolute atomic E-state index is 0.0513. The summed E-state index contributed by atoms with van der Waals surface area (Å²) in [7, 11) is 0. The van der Waals surface area contributed by atoms with Gasteiger partial charge in [0.2, 0.25) is 5.13 Å². The van der Waals surface area contributed by atoms with Crippen molar-refractivity contribution in [2.75, 3.05) is 5.43 Å². The summed E-state index contributed by atoms with van der Waals surface area (Å²) in [6, 6.07) is 7.47. The fourth-order valence-electron chi connectivity index (χ4n) is 2.71. The van der Waals surface area contributed by atoms with Crippen molar-refractivity contribution in [3.8, 4) is 11.4 Å². The average molecular weight is 373 g/mol. The summed E-state index contributed by atoms with van der Waals surface area (Å²) < 4.78 is 0. The van der Waals surface area contributed by atoms with Gasteiger partial charge in [-0.2, -0.15) is 5.10 Å². The Morgan fingerprint density at radius 3 is 2.80 bits per heavy atom. The lowest BCUT2D eigenvalue weighted by Crippen LogP contribution is -1.95. The Bertz CT molecular complexity index is 958. The average Bonchev–Trinajstić information content (AvgIpc) is 3.13. The second-order valence-electron chi connectivity index (χ2n) is 5.61. The number of H-pyrrole nitrogens is 1. The molecule has 0 unspecified atom stereocenters. The summed E-state index contributed by atoms with van der Waals surface area (Å²) in [6.45, 7) is 5.40. The molecule has 25 heavy (non-hydrogen) atoms. The van der Waals surface area contributed by atoms with E-state index in [2.05, 4.69) is 20.5 Å². The lowest BCUT2D eigenvalue weighted by Gasteiger charge is -1.98. The molecule has 0 bridgehead atoms. The molecule has 0 aliphatic rings. The van der Waals surface area contributed by atoms with Crippen LogP contribution in [0.4, 0.5) is 5.13 Å². The first-order valence-electron chi connectivity index (χ1n) is 7.67. The van der Waals surface area contributed by atoms with Crippen LogP contribution in [0.15, 0.2) is 34.7 Å². The molecule has 0 radical (unpaired) electrons. The molecule has 0 fully saturated rings. The third kappa shape index (κ3) is 3.65. The van der Waals surface area contributed by atoms with Crippen LogP contribution in [0, 0.1) is 13.8 Å². The van der Waals surface area contributed by atoms with Gasteiger partial charge >= 0.3 is 0 Å². The van der Waals surface area contributed by atoms with Gasteiger partial charge in [-0.3, -0.25) is 10.2 Å². The number of hydrogen-bond acceptors (Lipinski definition) is 5. The van der Waals surface area contributed by atoms with Gasteiger partial charge in [-0.25, -0.2) is 4.98 Å². The molecule has 0 saturated heterocycles. The normalized spacial score (nSPS) is 11.2. The van der Waals surface area contributed by atoms with Crippen LogP contribution in [-0.4, -0.2) is 22.0 Å². The van der Waals surface area contributed by atoms with Crippen LogP contribution in [-0.2, 0) is 0 Å². The molecule has 1 aromatic carbocycles. The number of aromatic nitrogens is 2. The van der Waals surface area contributed by atoms with Gasteiger partial charge in [-0.05, 0) is 32.4 Å². The number of nitrogens with zero attached hydrogens (tertiary/aromatic N) is 2. The number of ketones is 1. The predicted molar refractivity (Wildman–Crippen MR) is 104 cm³/mol. The molecule has 0 aliphatic carbocycles. The van der Waals surface area contributed by atoms with Crippen molar-refractivity contribution in [3.05, 3.63) is 57.1 Å². The van der Waals surface area contributed by atoms with Crippen LogP contribution >= 0.6 is 22.9 Å². The van der Waals surface area contributed by atoms with Crippen LogP contribution < -0.4 is 5.43 Å². The standard InChI is InChI=1S/C18H17ClN4OS/c1-10-16(12(3)24)11(2)21-17(10)15-9-25-18(22-15)23-20-8-13-6-4-5-7-14(13)19/h4-9,21H,1-3H3,(H,22,23). The van der Waals surface area contributed by atoms with E-state index in [0.29, 0.717) is 10.2 Å². The fraction of sp³-hybridized carbons (Fsp3) is 0.167. The lowest BCUT2D eigenvalue weighted by atomic mass is 10.1. The van der Waals surface area contributed by atoms with Crippen LogP contribution in [0.5, 0.6) is 0 Å². The van der Waals surface area contributed by atoms with E-state index >= 15 is 0 Å². The zero-order valence-corrected chi connectivity index (χ0v) is 15.6. The third-order valence-corrected chi connectivity index (χ3v) is 4.91. The molecule has 2 aromatic heterocycles. The van der Waals surface area contributed by atoms with E-state index in [1.165, 1.54) is 11.3 Å². The number of halogens is 1. The maximum Gasteiger partial charge on any atom is 0.203 e. The van der Waals surface area contributed by atoms with Crippen molar-refractivity contribution in [2.45, 2.75) is 20.8 Å². The van der Waals surface area contributed by atoms with Crippen LogP contribution in [0.2, 0.25) is 5.02 Å². The van der Waals surface area contributed by atoms with Gasteiger partial charge < -0.3 is 4.98 Å². The van der Waals surface area contributed by atoms with Gasteiger partial charge in [-0.15, -0.1) is 11.3 Å². The molecule has 0 spiro atoms. The third-order valence-electron chi connectivity index (χ3n) is 3.82. The first-order chi connectivity index (χ1) is 12.0. The molecular formula is C18H17ClN4OS. The van der Waals surface area contributed by atoms with E-state index < -0.39 is 0 Å². The van der Waals surface area contributed by atoms with Gasteiger partial charge in [-0.1, -0.05) is 29.8 Å². The molecule has 0 aliphatic heterocycles. The summed E-state index contributed by atoms with van der Waals surface area (Å²) in [5.41, 5.74) is 7.90. The quantitative estimate of drug-likeness (QED) is 0.373. The molecule has 3 aromatic rings. The number of carbonyl (C=O) groups excluding carboxylic acids is 1. The van der Waals surface area contributed by atoms with Crippen molar-refractivity contribution in [1.29, 1.82) is 0 Å². The zero-order valence-electron chi connectivity index (χ0n) is 14.1. The van der Waals surface area contributed by atoms with Crippen molar-refractivity contribution in [2.24, 2.45) is 5.10 Å². The largest absolute Gasteiger partial charge is 0.356 e. The van der Waals surface area contributed by atoms with Gasteiger partial charge in [0, 0.05) is 27.2 Å². The Morgan fingerprint density at radius 2 is 2.12 bits per heavy atom. The first kappa shape index (κ1) is 17.4. The highest BCUT2D eigenvalue weighted by molar-refractivity contribution is 7.14. The monoisotopic (exact) mass is 372 g/mol. The second-order valence-corrected chi connectivity index (χ2v) is 6.88. The van der Waals surface area contributed by atoms with E-state index in [0.717, 1.165) is 33.8 Å². The number of carbonyl (C=O) groups is 1. The molecule has 0 atom stereocenters. The summed E-state index contributed by atoms with van der Waals surface area (Å²) in [4.78, 5) is 19.5.